The second-order valence-corrected chi connectivity index (χ2v) is 4.91. The molecule has 5 nitrogen and oxygen atoms in total. The molecular weight excluding hydrogens is 206 g/mol. The quantitative estimate of drug-likeness (QED) is 0.653. The van der Waals surface area contributed by atoms with E-state index < -0.39 is 12.0 Å². The van der Waals surface area contributed by atoms with Crippen molar-refractivity contribution in [1.82, 2.24) is 9.80 Å². The monoisotopic (exact) mass is 229 g/mol. The Bertz CT molecular complexity index is 235. The van der Waals surface area contributed by atoms with Gasteiger partial charge in [-0.3, -0.25) is 4.79 Å². The van der Waals surface area contributed by atoms with Gasteiger partial charge in [0, 0.05) is 13.1 Å². The van der Waals surface area contributed by atoms with Crippen LogP contribution in [0, 0.1) is 5.92 Å². The predicted molar refractivity (Wildman–Crippen MR) is 63.3 cm³/mol. The predicted octanol–water partition coefficient (Wildman–Crippen LogP) is -0.328. The van der Waals surface area contributed by atoms with Gasteiger partial charge in [0.15, 0.2) is 0 Å². The molecule has 1 aliphatic rings. The highest BCUT2D eigenvalue weighted by molar-refractivity contribution is 5.72. The van der Waals surface area contributed by atoms with Crippen LogP contribution < -0.4 is 5.73 Å². The molecule has 1 saturated heterocycles. The molecule has 3 N–H and O–H groups in total. The third-order valence-corrected chi connectivity index (χ3v) is 3.20. The number of carbonyl (C=O) groups is 1. The van der Waals surface area contributed by atoms with E-state index in [1.807, 2.05) is 7.05 Å². The normalized spacial score (nSPS) is 23.9. The van der Waals surface area contributed by atoms with E-state index in [2.05, 4.69) is 16.8 Å². The number of carboxylic acids is 1. The van der Waals surface area contributed by atoms with E-state index in [-0.39, 0.29) is 0 Å². The zero-order valence-corrected chi connectivity index (χ0v) is 10.2. The van der Waals surface area contributed by atoms with Crippen LogP contribution in [0.2, 0.25) is 0 Å². The molecule has 94 valence electrons. The van der Waals surface area contributed by atoms with Crippen molar-refractivity contribution in [1.29, 1.82) is 0 Å². The Balaban J connectivity index is 2.15. The molecule has 1 rings (SSSR count). The minimum absolute atomic E-state index is 0.522. The Morgan fingerprint density at radius 3 is 2.88 bits per heavy atom. The number of hydrogen-bond acceptors (Lipinski definition) is 4. The topological polar surface area (TPSA) is 69.8 Å². The molecule has 1 fully saturated rings. The van der Waals surface area contributed by atoms with Crippen LogP contribution in [0.5, 0.6) is 0 Å². The number of nitrogens with two attached hydrogens (primary N) is 1. The summed E-state index contributed by atoms with van der Waals surface area (Å²) in [5.74, 6) is -0.190. The van der Waals surface area contributed by atoms with E-state index in [9.17, 15) is 4.79 Å². The van der Waals surface area contributed by atoms with E-state index in [0.29, 0.717) is 6.42 Å². The van der Waals surface area contributed by atoms with Gasteiger partial charge in [-0.2, -0.15) is 0 Å². The molecule has 0 aromatic rings. The molecule has 0 amide bonds. The van der Waals surface area contributed by atoms with Gasteiger partial charge >= 0.3 is 5.97 Å². The second kappa shape index (κ2) is 6.18. The van der Waals surface area contributed by atoms with E-state index in [1.54, 1.807) is 0 Å². The fraction of sp³-hybridized carbons (Fsp3) is 0.909. The lowest BCUT2D eigenvalue weighted by Crippen LogP contribution is -2.36. The molecular formula is C11H23N3O2. The van der Waals surface area contributed by atoms with Crippen molar-refractivity contribution in [2.45, 2.75) is 18.9 Å². The summed E-state index contributed by atoms with van der Waals surface area (Å²) in [5, 5.41) is 8.66. The Morgan fingerprint density at radius 2 is 2.38 bits per heavy atom. The third-order valence-electron chi connectivity index (χ3n) is 3.20. The fourth-order valence-electron chi connectivity index (χ4n) is 2.19. The maximum Gasteiger partial charge on any atom is 0.320 e. The molecule has 1 aliphatic heterocycles. The van der Waals surface area contributed by atoms with Gasteiger partial charge in [0.1, 0.15) is 6.04 Å². The average molecular weight is 229 g/mol. The molecule has 0 aliphatic carbocycles. The highest BCUT2D eigenvalue weighted by Gasteiger charge is 2.21. The molecule has 2 unspecified atom stereocenters. The van der Waals surface area contributed by atoms with Crippen LogP contribution in [-0.2, 0) is 4.79 Å². The number of carboxylic acid groups (broad SMARTS) is 1. The van der Waals surface area contributed by atoms with Crippen LogP contribution in [0.4, 0.5) is 0 Å². The maximum absolute atomic E-state index is 10.5. The number of hydrogen-bond donors (Lipinski definition) is 2. The number of rotatable bonds is 6. The number of aliphatic carboxylic acids is 1. The molecule has 0 aromatic heterocycles. The number of likely N-dealkylation sites (tertiary alicyclic amines) is 1. The van der Waals surface area contributed by atoms with Gasteiger partial charge < -0.3 is 20.6 Å². The van der Waals surface area contributed by atoms with Crippen molar-refractivity contribution < 1.29 is 9.90 Å². The van der Waals surface area contributed by atoms with Gasteiger partial charge in [-0.05, 0) is 45.9 Å². The molecule has 0 radical (unpaired) electrons. The van der Waals surface area contributed by atoms with Gasteiger partial charge in [0.2, 0.25) is 0 Å². The minimum atomic E-state index is -0.908. The van der Waals surface area contributed by atoms with Gasteiger partial charge in [-0.15, -0.1) is 0 Å². The molecule has 2 atom stereocenters. The van der Waals surface area contributed by atoms with Crippen LogP contribution in [0.15, 0.2) is 0 Å². The molecule has 0 saturated carbocycles. The standard InChI is InChI=1S/C11H23N3O2/c1-13-5-3-9(7-13)8-14(2)6-4-10(12)11(15)16/h9-10H,3-8,12H2,1-2H3,(H,15,16). The van der Waals surface area contributed by atoms with Crippen molar-refractivity contribution >= 4 is 5.97 Å². The van der Waals surface area contributed by atoms with Crippen molar-refractivity contribution in [3.63, 3.8) is 0 Å². The first kappa shape index (κ1) is 13.4. The van der Waals surface area contributed by atoms with E-state index in [4.69, 9.17) is 10.8 Å². The van der Waals surface area contributed by atoms with Crippen molar-refractivity contribution in [2.75, 3.05) is 40.3 Å². The summed E-state index contributed by atoms with van der Waals surface area (Å²) in [5.41, 5.74) is 5.46. The molecule has 16 heavy (non-hydrogen) atoms. The lowest BCUT2D eigenvalue weighted by molar-refractivity contribution is -0.138. The molecule has 1 heterocycles. The average Bonchev–Trinajstić information content (AvgIpc) is 2.60. The molecule has 0 bridgehead atoms. The van der Waals surface area contributed by atoms with Crippen LogP contribution in [-0.4, -0.2) is 67.2 Å². The van der Waals surface area contributed by atoms with Crippen LogP contribution >= 0.6 is 0 Å². The summed E-state index contributed by atoms with van der Waals surface area (Å²) in [6.45, 7) is 4.12. The first-order valence-corrected chi connectivity index (χ1v) is 5.84. The fourth-order valence-corrected chi connectivity index (χ4v) is 2.19. The van der Waals surface area contributed by atoms with Gasteiger partial charge in [-0.1, -0.05) is 0 Å². The van der Waals surface area contributed by atoms with Crippen LogP contribution in [0.25, 0.3) is 0 Å². The SMILES string of the molecule is CN1CCC(CN(C)CCC(N)C(=O)O)C1. The van der Waals surface area contributed by atoms with Gasteiger partial charge in [0.05, 0.1) is 0 Å². The minimum Gasteiger partial charge on any atom is -0.480 e. The van der Waals surface area contributed by atoms with E-state index in [1.165, 1.54) is 13.0 Å². The Kier molecular flexibility index (Phi) is 5.18. The van der Waals surface area contributed by atoms with E-state index >= 15 is 0 Å². The Labute approximate surface area is 97.2 Å². The van der Waals surface area contributed by atoms with Gasteiger partial charge in [-0.25, -0.2) is 0 Å². The van der Waals surface area contributed by atoms with Crippen molar-refractivity contribution in [2.24, 2.45) is 11.7 Å². The zero-order valence-electron chi connectivity index (χ0n) is 10.2. The third kappa shape index (κ3) is 4.47. The summed E-state index contributed by atoms with van der Waals surface area (Å²) >= 11 is 0. The highest BCUT2D eigenvalue weighted by Crippen LogP contribution is 2.15. The maximum atomic E-state index is 10.5. The summed E-state index contributed by atoms with van der Waals surface area (Å²) in [4.78, 5) is 15.1. The molecule has 5 heteroatoms. The number of nitrogens with zero attached hydrogens (tertiary/aromatic N) is 2. The van der Waals surface area contributed by atoms with Crippen molar-refractivity contribution in [3.05, 3.63) is 0 Å². The molecule has 0 aromatic carbocycles. The lowest BCUT2D eigenvalue weighted by Gasteiger charge is -2.21. The summed E-state index contributed by atoms with van der Waals surface area (Å²) in [6, 6.07) is -0.728. The largest absolute Gasteiger partial charge is 0.480 e. The highest BCUT2D eigenvalue weighted by atomic mass is 16.4. The second-order valence-electron chi connectivity index (χ2n) is 4.91. The van der Waals surface area contributed by atoms with Crippen LogP contribution in [0.1, 0.15) is 12.8 Å². The first-order valence-electron chi connectivity index (χ1n) is 5.84. The summed E-state index contributed by atoms with van der Waals surface area (Å²) in [6.07, 6.45) is 1.76. The smallest absolute Gasteiger partial charge is 0.320 e. The summed E-state index contributed by atoms with van der Waals surface area (Å²) < 4.78 is 0. The Morgan fingerprint density at radius 1 is 1.69 bits per heavy atom. The van der Waals surface area contributed by atoms with E-state index in [0.717, 1.165) is 25.6 Å². The van der Waals surface area contributed by atoms with Gasteiger partial charge in [0.25, 0.3) is 0 Å². The van der Waals surface area contributed by atoms with Crippen LogP contribution in [0.3, 0.4) is 0 Å². The summed E-state index contributed by atoms with van der Waals surface area (Å²) in [7, 11) is 4.17. The first-order chi connectivity index (χ1) is 7.49. The Hall–Kier alpha value is -0.650. The van der Waals surface area contributed by atoms with Crippen molar-refractivity contribution in [3.8, 4) is 0 Å². The lowest BCUT2D eigenvalue weighted by atomic mass is 10.1. The zero-order chi connectivity index (χ0) is 12.1. The molecule has 0 spiro atoms.